The maximum atomic E-state index is 5.95. The van der Waals surface area contributed by atoms with E-state index >= 15 is 0 Å². The molecule has 0 radical (unpaired) electrons. The van der Waals surface area contributed by atoms with Crippen molar-refractivity contribution in [2.45, 2.75) is 6.92 Å². The zero-order valence-corrected chi connectivity index (χ0v) is 10.8. The van der Waals surface area contributed by atoms with Crippen LogP contribution in [0.2, 0.25) is 0 Å². The van der Waals surface area contributed by atoms with Gasteiger partial charge in [0, 0.05) is 12.6 Å². The number of nitrogen functional groups attached to an aromatic ring is 2. The lowest BCUT2D eigenvalue weighted by Crippen LogP contribution is -2.01. The Kier molecular flexibility index (Phi) is 2.38. The fraction of sp³-hybridized carbons (Fsp3) is 0.154. The monoisotopic (exact) mass is 254 g/mol. The van der Waals surface area contributed by atoms with Crippen molar-refractivity contribution in [3.8, 4) is 11.3 Å². The van der Waals surface area contributed by atoms with Crippen molar-refractivity contribution >= 4 is 22.8 Å². The van der Waals surface area contributed by atoms with E-state index in [1.54, 1.807) is 4.68 Å². The number of hydrogen-bond donors (Lipinski definition) is 2. The normalized spacial score (nSPS) is 11.1. The summed E-state index contributed by atoms with van der Waals surface area (Å²) in [6.07, 6.45) is 0. The zero-order chi connectivity index (χ0) is 13.6. The van der Waals surface area contributed by atoms with E-state index in [-0.39, 0.29) is 5.95 Å². The fourth-order valence-corrected chi connectivity index (χ4v) is 2.11. The van der Waals surface area contributed by atoms with Crippen LogP contribution in [0.25, 0.3) is 22.3 Å². The number of rotatable bonds is 1. The van der Waals surface area contributed by atoms with Crippen LogP contribution < -0.4 is 11.5 Å². The van der Waals surface area contributed by atoms with Gasteiger partial charge in [0.05, 0.1) is 5.39 Å². The lowest BCUT2D eigenvalue weighted by Gasteiger charge is -2.01. The van der Waals surface area contributed by atoms with Gasteiger partial charge in [-0.15, -0.1) is 0 Å². The number of fused-ring (bicyclic) bond motifs is 1. The number of aryl methyl sites for hydroxylation is 2. The van der Waals surface area contributed by atoms with E-state index in [1.807, 2.05) is 38.2 Å². The number of nitrogens with zero attached hydrogens (tertiary/aromatic N) is 4. The van der Waals surface area contributed by atoms with Crippen LogP contribution in [0.4, 0.5) is 11.8 Å². The highest BCUT2D eigenvalue weighted by Gasteiger charge is 2.16. The van der Waals surface area contributed by atoms with Gasteiger partial charge in [0.25, 0.3) is 0 Å². The van der Waals surface area contributed by atoms with Crippen LogP contribution in [0.1, 0.15) is 5.56 Å². The van der Waals surface area contributed by atoms with Crippen LogP contribution >= 0.6 is 0 Å². The fourth-order valence-electron chi connectivity index (χ4n) is 2.11. The molecule has 0 spiro atoms. The third kappa shape index (κ3) is 1.77. The van der Waals surface area contributed by atoms with Crippen LogP contribution in [0.5, 0.6) is 0 Å². The second-order valence-electron chi connectivity index (χ2n) is 4.50. The van der Waals surface area contributed by atoms with E-state index in [9.17, 15) is 0 Å². The molecule has 0 fully saturated rings. The van der Waals surface area contributed by atoms with Gasteiger partial charge in [-0.2, -0.15) is 15.1 Å². The Morgan fingerprint density at radius 1 is 1.05 bits per heavy atom. The molecular formula is C13H14N6. The summed E-state index contributed by atoms with van der Waals surface area (Å²) in [4.78, 5) is 8.20. The highest BCUT2D eigenvalue weighted by molar-refractivity contribution is 5.98. The van der Waals surface area contributed by atoms with Crippen molar-refractivity contribution in [3.63, 3.8) is 0 Å². The molecule has 1 aromatic carbocycles. The summed E-state index contributed by atoms with van der Waals surface area (Å²) in [6, 6.07) is 8.08. The van der Waals surface area contributed by atoms with Gasteiger partial charge in [-0.3, -0.25) is 0 Å². The minimum atomic E-state index is 0.156. The van der Waals surface area contributed by atoms with Crippen LogP contribution in [-0.2, 0) is 7.05 Å². The van der Waals surface area contributed by atoms with Crippen LogP contribution in [0, 0.1) is 6.92 Å². The van der Waals surface area contributed by atoms with Gasteiger partial charge in [0.15, 0.2) is 5.65 Å². The van der Waals surface area contributed by atoms with Crippen LogP contribution in [0.15, 0.2) is 24.3 Å². The lowest BCUT2D eigenvalue weighted by atomic mass is 10.1. The average Bonchev–Trinajstić information content (AvgIpc) is 2.68. The second kappa shape index (κ2) is 3.94. The number of anilines is 2. The Morgan fingerprint density at radius 3 is 2.42 bits per heavy atom. The van der Waals surface area contributed by atoms with Crippen molar-refractivity contribution in [2.75, 3.05) is 11.5 Å². The van der Waals surface area contributed by atoms with E-state index in [0.29, 0.717) is 11.5 Å². The molecule has 19 heavy (non-hydrogen) atoms. The largest absolute Gasteiger partial charge is 0.383 e. The topological polar surface area (TPSA) is 95.6 Å². The third-order valence-electron chi connectivity index (χ3n) is 3.05. The molecule has 0 saturated heterocycles. The van der Waals surface area contributed by atoms with E-state index in [0.717, 1.165) is 16.6 Å². The van der Waals surface area contributed by atoms with Crippen molar-refractivity contribution in [1.82, 2.24) is 19.7 Å². The summed E-state index contributed by atoms with van der Waals surface area (Å²) >= 11 is 0. The summed E-state index contributed by atoms with van der Waals surface area (Å²) in [6.45, 7) is 2.04. The first-order chi connectivity index (χ1) is 9.06. The predicted molar refractivity (Wildman–Crippen MR) is 75.3 cm³/mol. The van der Waals surface area contributed by atoms with Crippen LogP contribution in [-0.4, -0.2) is 19.7 Å². The quantitative estimate of drug-likeness (QED) is 0.686. The van der Waals surface area contributed by atoms with Crippen LogP contribution in [0.3, 0.4) is 0 Å². The molecule has 3 aromatic rings. The molecule has 3 rings (SSSR count). The number of nitrogens with two attached hydrogens (primary N) is 2. The smallest absolute Gasteiger partial charge is 0.224 e. The Labute approximate surface area is 110 Å². The molecule has 0 aliphatic carbocycles. The number of hydrogen-bond acceptors (Lipinski definition) is 5. The van der Waals surface area contributed by atoms with Crippen molar-refractivity contribution < 1.29 is 0 Å². The van der Waals surface area contributed by atoms with Gasteiger partial charge in [-0.25, -0.2) is 4.68 Å². The molecule has 2 aromatic heterocycles. The van der Waals surface area contributed by atoms with E-state index in [4.69, 9.17) is 11.5 Å². The first-order valence-electron chi connectivity index (χ1n) is 5.89. The molecule has 6 nitrogen and oxygen atoms in total. The first kappa shape index (κ1) is 11.5. The maximum absolute atomic E-state index is 5.95. The van der Waals surface area contributed by atoms with Crippen molar-refractivity contribution in [3.05, 3.63) is 29.8 Å². The predicted octanol–water partition coefficient (Wildman–Crippen LogP) is 1.50. The standard InChI is InChI=1S/C13H14N6/c1-7-3-5-8(6-4-7)10-9-11(14)16-13(15)17-12(9)19(2)18-10/h3-6H,1-2H3,(H4,14,15,16,17). The molecule has 0 amide bonds. The molecule has 0 unspecified atom stereocenters. The highest BCUT2D eigenvalue weighted by Crippen LogP contribution is 2.30. The van der Waals surface area contributed by atoms with Gasteiger partial charge in [-0.05, 0) is 6.92 Å². The summed E-state index contributed by atoms with van der Waals surface area (Å²) < 4.78 is 1.67. The maximum Gasteiger partial charge on any atom is 0.224 e. The Balaban J connectivity index is 2.33. The number of benzene rings is 1. The Morgan fingerprint density at radius 2 is 1.74 bits per heavy atom. The van der Waals surface area contributed by atoms with Crippen molar-refractivity contribution in [1.29, 1.82) is 0 Å². The number of aromatic nitrogens is 4. The molecule has 0 saturated carbocycles. The summed E-state index contributed by atoms with van der Waals surface area (Å²) in [5.41, 5.74) is 15.2. The SMILES string of the molecule is Cc1ccc(-c2nn(C)c3nc(N)nc(N)c23)cc1. The molecule has 96 valence electrons. The van der Waals surface area contributed by atoms with E-state index in [2.05, 4.69) is 15.1 Å². The van der Waals surface area contributed by atoms with E-state index in [1.165, 1.54) is 5.56 Å². The average molecular weight is 254 g/mol. The second-order valence-corrected chi connectivity index (χ2v) is 4.50. The molecule has 6 heteroatoms. The van der Waals surface area contributed by atoms with Gasteiger partial charge < -0.3 is 11.5 Å². The molecule has 0 bridgehead atoms. The first-order valence-corrected chi connectivity index (χ1v) is 5.89. The molecular weight excluding hydrogens is 240 g/mol. The lowest BCUT2D eigenvalue weighted by molar-refractivity contribution is 0.789. The molecule has 0 atom stereocenters. The molecule has 2 heterocycles. The summed E-state index contributed by atoms with van der Waals surface area (Å²) in [7, 11) is 1.81. The summed E-state index contributed by atoms with van der Waals surface area (Å²) in [5, 5.41) is 5.21. The summed E-state index contributed by atoms with van der Waals surface area (Å²) in [5.74, 6) is 0.509. The molecule has 0 aliphatic rings. The van der Waals surface area contributed by atoms with Crippen molar-refractivity contribution in [2.24, 2.45) is 7.05 Å². The Hall–Kier alpha value is -2.63. The van der Waals surface area contributed by atoms with Gasteiger partial charge in [0.2, 0.25) is 5.95 Å². The Bertz CT molecular complexity index is 757. The molecule has 0 aliphatic heterocycles. The van der Waals surface area contributed by atoms with Gasteiger partial charge in [-0.1, -0.05) is 29.8 Å². The molecule has 4 N–H and O–H groups in total. The van der Waals surface area contributed by atoms with Gasteiger partial charge in [0.1, 0.15) is 11.5 Å². The van der Waals surface area contributed by atoms with Gasteiger partial charge >= 0.3 is 0 Å². The highest BCUT2D eigenvalue weighted by atomic mass is 15.3. The van der Waals surface area contributed by atoms with E-state index < -0.39 is 0 Å². The third-order valence-corrected chi connectivity index (χ3v) is 3.05. The minimum Gasteiger partial charge on any atom is -0.383 e. The zero-order valence-electron chi connectivity index (χ0n) is 10.8. The minimum absolute atomic E-state index is 0.156.